The zero-order chi connectivity index (χ0) is 12.2. The van der Waals surface area contributed by atoms with Gasteiger partial charge in [0.1, 0.15) is 0 Å². The van der Waals surface area contributed by atoms with E-state index in [0.29, 0.717) is 0 Å². The second kappa shape index (κ2) is 5.64. The van der Waals surface area contributed by atoms with E-state index in [1.54, 1.807) is 16.7 Å². The van der Waals surface area contributed by atoms with Crippen LogP contribution in [0, 0.1) is 0 Å². The van der Waals surface area contributed by atoms with Crippen LogP contribution in [0.5, 0.6) is 0 Å². The van der Waals surface area contributed by atoms with E-state index in [2.05, 4.69) is 42.0 Å². The van der Waals surface area contributed by atoms with E-state index in [4.69, 9.17) is 0 Å². The fourth-order valence-corrected chi connectivity index (χ4v) is 1.77. The van der Waals surface area contributed by atoms with Gasteiger partial charge < -0.3 is 9.88 Å². The summed E-state index contributed by atoms with van der Waals surface area (Å²) in [6, 6.07) is 3.35. The second-order valence-electron chi connectivity index (χ2n) is 4.91. The summed E-state index contributed by atoms with van der Waals surface area (Å²) in [6.45, 7) is 8.08. The van der Waals surface area contributed by atoms with Gasteiger partial charge in [0.05, 0.1) is 0 Å². The van der Waals surface area contributed by atoms with Crippen molar-refractivity contribution >= 4 is 15.9 Å². The molecule has 4 heteroatoms. The highest BCUT2D eigenvalue weighted by molar-refractivity contribution is 9.10. The van der Waals surface area contributed by atoms with Crippen molar-refractivity contribution in [3.8, 4) is 0 Å². The highest BCUT2D eigenvalue weighted by Crippen LogP contribution is 2.05. The monoisotopic (exact) mass is 286 g/mol. The average molecular weight is 287 g/mol. The number of halogens is 1. The third-order valence-corrected chi connectivity index (χ3v) is 2.65. The predicted molar refractivity (Wildman–Crippen MR) is 70.8 cm³/mol. The van der Waals surface area contributed by atoms with E-state index in [0.717, 1.165) is 24.0 Å². The van der Waals surface area contributed by atoms with Gasteiger partial charge in [-0.05, 0) is 55.7 Å². The van der Waals surface area contributed by atoms with Crippen LogP contribution in [0.3, 0.4) is 0 Å². The van der Waals surface area contributed by atoms with Crippen molar-refractivity contribution in [1.82, 2.24) is 9.88 Å². The van der Waals surface area contributed by atoms with E-state index >= 15 is 0 Å². The summed E-state index contributed by atoms with van der Waals surface area (Å²) >= 11 is 3.36. The molecule has 0 radical (unpaired) electrons. The number of nitrogens with zero attached hydrogens (tertiary/aromatic N) is 1. The summed E-state index contributed by atoms with van der Waals surface area (Å²) in [7, 11) is 0. The Balaban J connectivity index is 2.43. The molecule has 0 atom stereocenters. The molecule has 1 aromatic rings. The lowest BCUT2D eigenvalue weighted by Gasteiger charge is -2.20. The van der Waals surface area contributed by atoms with E-state index in [1.165, 1.54) is 0 Å². The first-order chi connectivity index (χ1) is 7.38. The van der Waals surface area contributed by atoms with E-state index in [1.807, 2.05) is 6.20 Å². The van der Waals surface area contributed by atoms with Crippen LogP contribution in [0.25, 0.3) is 0 Å². The molecule has 0 aromatic carbocycles. The maximum atomic E-state index is 11.5. The first-order valence-electron chi connectivity index (χ1n) is 5.49. The zero-order valence-electron chi connectivity index (χ0n) is 10.1. The molecule has 0 aliphatic carbocycles. The Hall–Kier alpha value is -0.610. The van der Waals surface area contributed by atoms with Crippen LogP contribution in [0.4, 0.5) is 0 Å². The molecule has 0 fully saturated rings. The van der Waals surface area contributed by atoms with Gasteiger partial charge in [-0.3, -0.25) is 4.79 Å². The standard InChI is InChI=1S/C12H19BrN2O/c1-12(2,3)14-7-4-8-15-9-10(13)5-6-11(15)16/h5-6,9,14H,4,7-8H2,1-3H3. The van der Waals surface area contributed by atoms with Gasteiger partial charge in [-0.15, -0.1) is 0 Å². The molecular formula is C12H19BrN2O. The fraction of sp³-hybridized carbons (Fsp3) is 0.583. The number of nitrogens with one attached hydrogen (secondary N) is 1. The minimum Gasteiger partial charge on any atom is -0.314 e. The summed E-state index contributed by atoms with van der Waals surface area (Å²) in [5.41, 5.74) is 0.196. The van der Waals surface area contributed by atoms with Gasteiger partial charge in [0.15, 0.2) is 0 Å². The number of hydrogen-bond acceptors (Lipinski definition) is 2. The molecule has 0 aliphatic rings. The van der Waals surface area contributed by atoms with Crippen molar-refractivity contribution in [2.45, 2.75) is 39.3 Å². The molecule has 0 spiro atoms. The Labute approximate surface area is 105 Å². The number of aryl methyl sites for hydroxylation is 1. The Morgan fingerprint density at radius 2 is 2.06 bits per heavy atom. The molecule has 0 saturated heterocycles. The molecule has 1 heterocycles. The zero-order valence-corrected chi connectivity index (χ0v) is 11.7. The maximum Gasteiger partial charge on any atom is 0.250 e. The van der Waals surface area contributed by atoms with Gasteiger partial charge in [0, 0.05) is 28.8 Å². The normalized spacial score (nSPS) is 11.8. The van der Waals surface area contributed by atoms with Gasteiger partial charge in [0.25, 0.3) is 5.56 Å². The lowest BCUT2D eigenvalue weighted by Crippen LogP contribution is -2.37. The number of hydrogen-bond donors (Lipinski definition) is 1. The van der Waals surface area contributed by atoms with Crippen LogP contribution in [-0.4, -0.2) is 16.7 Å². The Morgan fingerprint density at radius 1 is 1.38 bits per heavy atom. The second-order valence-corrected chi connectivity index (χ2v) is 5.82. The summed E-state index contributed by atoms with van der Waals surface area (Å²) < 4.78 is 2.67. The van der Waals surface area contributed by atoms with Crippen molar-refractivity contribution < 1.29 is 0 Å². The van der Waals surface area contributed by atoms with E-state index < -0.39 is 0 Å². The topological polar surface area (TPSA) is 34.0 Å². The van der Waals surface area contributed by atoms with Crippen molar-refractivity contribution in [3.63, 3.8) is 0 Å². The molecule has 90 valence electrons. The third kappa shape index (κ3) is 4.94. The molecule has 3 nitrogen and oxygen atoms in total. The highest BCUT2D eigenvalue weighted by Gasteiger charge is 2.07. The minimum atomic E-state index is 0.0546. The third-order valence-electron chi connectivity index (χ3n) is 2.18. The Kier molecular flexibility index (Phi) is 4.74. The van der Waals surface area contributed by atoms with Crippen LogP contribution in [0.1, 0.15) is 27.2 Å². The van der Waals surface area contributed by atoms with E-state index in [9.17, 15) is 4.79 Å². The first-order valence-corrected chi connectivity index (χ1v) is 6.29. The molecule has 0 bridgehead atoms. The summed E-state index contributed by atoms with van der Waals surface area (Å²) in [6.07, 6.45) is 2.78. The van der Waals surface area contributed by atoms with Gasteiger partial charge in [0.2, 0.25) is 0 Å². The predicted octanol–water partition coefficient (Wildman–Crippen LogP) is 2.39. The Bertz CT molecular complexity index is 393. The van der Waals surface area contributed by atoms with Crippen LogP contribution in [0.2, 0.25) is 0 Å². The van der Waals surface area contributed by atoms with Gasteiger partial charge in [-0.2, -0.15) is 0 Å². The van der Waals surface area contributed by atoms with Crippen molar-refractivity contribution in [1.29, 1.82) is 0 Å². The van der Waals surface area contributed by atoms with Crippen molar-refractivity contribution in [3.05, 3.63) is 33.2 Å². The summed E-state index contributed by atoms with van der Waals surface area (Å²) in [5.74, 6) is 0. The summed E-state index contributed by atoms with van der Waals surface area (Å²) in [4.78, 5) is 11.5. The molecule has 0 unspecified atom stereocenters. The number of rotatable bonds is 4. The fourth-order valence-electron chi connectivity index (χ4n) is 1.39. The SMILES string of the molecule is CC(C)(C)NCCCn1cc(Br)ccc1=O. The maximum absolute atomic E-state index is 11.5. The molecule has 1 N–H and O–H groups in total. The number of aromatic nitrogens is 1. The lowest BCUT2D eigenvalue weighted by molar-refractivity contribution is 0.412. The Morgan fingerprint density at radius 3 is 2.69 bits per heavy atom. The van der Waals surface area contributed by atoms with Crippen molar-refractivity contribution in [2.24, 2.45) is 0 Å². The highest BCUT2D eigenvalue weighted by atomic mass is 79.9. The molecule has 1 rings (SSSR count). The van der Waals surface area contributed by atoms with Crippen LogP contribution in [0.15, 0.2) is 27.6 Å². The molecular weight excluding hydrogens is 268 g/mol. The van der Waals surface area contributed by atoms with Crippen molar-refractivity contribution in [2.75, 3.05) is 6.54 Å². The first kappa shape index (κ1) is 13.5. The van der Waals surface area contributed by atoms with Crippen LogP contribution in [-0.2, 0) is 6.54 Å². The van der Waals surface area contributed by atoms with E-state index in [-0.39, 0.29) is 11.1 Å². The summed E-state index contributed by atoms with van der Waals surface area (Å²) in [5, 5.41) is 3.40. The molecule has 0 saturated carbocycles. The quantitative estimate of drug-likeness (QED) is 0.863. The van der Waals surface area contributed by atoms with Crippen LogP contribution >= 0.6 is 15.9 Å². The molecule has 16 heavy (non-hydrogen) atoms. The minimum absolute atomic E-state index is 0.0546. The van der Waals surface area contributed by atoms with Gasteiger partial charge in [-0.25, -0.2) is 0 Å². The molecule has 1 aromatic heterocycles. The average Bonchev–Trinajstić information content (AvgIpc) is 2.16. The lowest BCUT2D eigenvalue weighted by atomic mass is 10.1. The van der Waals surface area contributed by atoms with Gasteiger partial charge in [-0.1, -0.05) is 0 Å². The van der Waals surface area contributed by atoms with Gasteiger partial charge >= 0.3 is 0 Å². The van der Waals surface area contributed by atoms with Crippen LogP contribution < -0.4 is 10.9 Å². The molecule has 0 amide bonds. The smallest absolute Gasteiger partial charge is 0.250 e. The largest absolute Gasteiger partial charge is 0.314 e. The molecule has 0 aliphatic heterocycles. The number of pyridine rings is 1.